The van der Waals surface area contributed by atoms with Gasteiger partial charge in [0.15, 0.2) is 0 Å². The van der Waals surface area contributed by atoms with Gasteiger partial charge in [-0.3, -0.25) is 9.13 Å². The number of rotatable bonds is 23. The SMILES string of the molecule is CCCCOC[C@H]1O[C@@H](n2ccc(N(CCCC)CCCCCC(C)N(c3ccn([C@H]4CS[C@@H](COC(C)C)O4)c(=O)n3)C(C)C)nc2=O)CS1. The van der Waals surface area contributed by atoms with E-state index in [0.29, 0.717) is 30.5 Å². The number of unbranched alkanes of at least 4 members (excludes halogenated alkanes) is 4. The molecule has 4 heterocycles. The minimum Gasteiger partial charge on any atom is -0.378 e. The summed E-state index contributed by atoms with van der Waals surface area (Å²) in [5, 5.41) is 0. The van der Waals surface area contributed by atoms with Crippen molar-refractivity contribution in [2.75, 3.05) is 54.2 Å². The summed E-state index contributed by atoms with van der Waals surface area (Å²) in [7, 11) is 0. The van der Waals surface area contributed by atoms with E-state index in [-0.39, 0.29) is 52.9 Å². The molecule has 0 aromatic carbocycles. The largest absolute Gasteiger partial charge is 0.378 e. The van der Waals surface area contributed by atoms with Gasteiger partial charge in [-0.2, -0.15) is 9.97 Å². The van der Waals surface area contributed by atoms with Gasteiger partial charge in [-0.15, -0.1) is 23.5 Å². The van der Waals surface area contributed by atoms with Crippen LogP contribution in [0.3, 0.4) is 0 Å². The fourth-order valence-electron chi connectivity index (χ4n) is 6.36. The summed E-state index contributed by atoms with van der Waals surface area (Å²) in [4.78, 5) is 39.8. The Morgan fingerprint density at radius 3 is 1.98 bits per heavy atom. The second-order valence-electron chi connectivity index (χ2n) is 14.0. The highest BCUT2D eigenvalue weighted by atomic mass is 32.2. The zero-order valence-electron chi connectivity index (χ0n) is 31.9. The Morgan fingerprint density at radius 1 is 0.804 bits per heavy atom. The van der Waals surface area contributed by atoms with E-state index in [9.17, 15) is 9.59 Å². The van der Waals surface area contributed by atoms with E-state index >= 15 is 0 Å². The Kier molecular flexibility index (Phi) is 17.6. The molecule has 2 fully saturated rings. The molecule has 0 spiro atoms. The maximum absolute atomic E-state index is 13.1. The average molecular weight is 751 g/mol. The Labute approximate surface area is 313 Å². The molecule has 0 bridgehead atoms. The highest BCUT2D eigenvalue weighted by molar-refractivity contribution is 8.00. The smallest absolute Gasteiger partial charge is 0.351 e. The van der Waals surface area contributed by atoms with Crippen molar-refractivity contribution in [3.63, 3.8) is 0 Å². The summed E-state index contributed by atoms with van der Waals surface area (Å²) in [5.41, 5.74) is -0.707. The summed E-state index contributed by atoms with van der Waals surface area (Å²) >= 11 is 3.35. The number of aromatic nitrogens is 4. The minimum atomic E-state index is -0.340. The van der Waals surface area contributed by atoms with E-state index in [4.69, 9.17) is 18.9 Å². The first-order valence-electron chi connectivity index (χ1n) is 19.1. The van der Waals surface area contributed by atoms with Crippen molar-refractivity contribution in [2.24, 2.45) is 0 Å². The van der Waals surface area contributed by atoms with Gasteiger partial charge in [0.25, 0.3) is 0 Å². The fraction of sp³-hybridized carbons (Fsp3) is 0.784. The van der Waals surface area contributed by atoms with Crippen LogP contribution in [0.25, 0.3) is 0 Å². The predicted octanol–water partition coefficient (Wildman–Crippen LogP) is 6.69. The van der Waals surface area contributed by atoms with Crippen molar-refractivity contribution < 1.29 is 18.9 Å². The minimum absolute atomic E-state index is 0.0606. The maximum atomic E-state index is 13.1. The van der Waals surface area contributed by atoms with E-state index in [1.54, 1.807) is 32.7 Å². The number of ether oxygens (including phenoxy) is 4. The molecule has 2 aromatic heterocycles. The number of thioether (sulfide) groups is 2. The summed E-state index contributed by atoms with van der Waals surface area (Å²) in [6, 6.07) is 4.30. The average Bonchev–Trinajstić information content (AvgIpc) is 3.77. The zero-order valence-corrected chi connectivity index (χ0v) is 33.5. The Morgan fingerprint density at radius 2 is 1.39 bits per heavy atom. The predicted molar refractivity (Wildman–Crippen MR) is 209 cm³/mol. The molecule has 14 heteroatoms. The molecule has 2 aromatic rings. The van der Waals surface area contributed by atoms with Crippen LogP contribution in [0, 0.1) is 0 Å². The quantitative estimate of drug-likeness (QED) is 0.113. The molecular formula is C37H62N6O6S2. The third-order valence-electron chi connectivity index (χ3n) is 9.13. The topological polar surface area (TPSA) is 113 Å². The summed E-state index contributed by atoms with van der Waals surface area (Å²) in [6.07, 6.45) is 11.5. The van der Waals surface area contributed by atoms with Gasteiger partial charge in [0, 0.05) is 55.7 Å². The molecule has 0 radical (unpaired) electrons. The Hall–Kier alpha value is -2.10. The van der Waals surface area contributed by atoms with E-state index in [1.807, 2.05) is 38.4 Å². The number of hydrogen-bond donors (Lipinski definition) is 0. The molecule has 0 amide bonds. The first-order valence-corrected chi connectivity index (χ1v) is 21.2. The Bertz CT molecular complexity index is 1430. The van der Waals surface area contributed by atoms with Crippen LogP contribution in [0.5, 0.6) is 0 Å². The maximum Gasteiger partial charge on any atom is 0.351 e. The van der Waals surface area contributed by atoms with E-state index < -0.39 is 0 Å². The second kappa shape index (κ2) is 21.6. The lowest BCUT2D eigenvalue weighted by Gasteiger charge is -2.34. The van der Waals surface area contributed by atoms with Gasteiger partial charge in [-0.1, -0.05) is 39.5 Å². The van der Waals surface area contributed by atoms with Gasteiger partial charge in [-0.25, -0.2) is 9.59 Å². The van der Waals surface area contributed by atoms with Crippen LogP contribution < -0.4 is 21.2 Å². The van der Waals surface area contributed by atoms with Crippen LogP contribution in [0.15, 0.2) is 34.1 Å². The van der Waals surface area contributed by atoms with Crippen molar-refractivity contribution in [1.82, 2.24) is 19.1 Å². The van der Waals surface area contributed by atoms with Crippen LogP contribution in [0.1, 0.15) is 112 Å². The van der Waals surface area contributed by atoms with Crippen LogP contribution in [0.4, 0.5) is 11.6 Å². The highest BCUT2D eigenvalue weighted by Crippen LogP contribution is 2.32. The summed E-state index contributed by atoms with van der Waals surface area (Å²) in [5.74, 6) is 2.83. The van der Waals surface area contributed by atoms with Crippen molar-refractivity contribution in [1.29, 1.82) is 0 Å². The van der Waals surface area contributed by atoms with E-state index in [0.717, 1.165) is 76.9 Å². The third-order valence-corrected chi connectivity index (χ3v) is 11.3. The monoisotopic (exact) mass is 750 g/mol. The number of anilines is 2. The van der Waals surface area contributed by atoms with Crippen molar-refractivity contribution in [2.45, 2.75) is 141 Å². The molecule has 2 saturated heterocycles. The first-order chi connectivity index (χ1) is 24.6. The standard InChI is InChI=1S/C37H62N6O6S2/c1-8-10-18-40(30-16-20-41(36(44)38-30)32-25-50-34(48-32)23-46-22-11-9-2)19-14-12-13-15-29(7)43(27(3)4)31-17-21-42(37(45)39-31)33-26-51-35(49-33)24-47-28(5)6/h16-17,20-21,27-29,32-35H,8-15,18-19,22-26H2,1-7H3/t29?,32-,33-,34+,35+/m1/s1. The molecule has 2 aliphatic rings. The third kappa shape index (κ3) is 12.8. The molecule has 1 unspecified atom stereocenters. The molecule has 0 N–H and O–H groups in total. The molecular weight excluding hydrogens is 689 g/mol. The molecule has 0 aliphatic carbocycles. The number of hydrogen-bond acceptors (Lipinski definition) is 12. The van der Waals surface area contributed by atoms with Crippen molar-refractivity contribution >= 4 is 35.2 Å². The van der Waals surface area contributed by atoms with Gasteiger partial charge in [0.05, 0.1) is 19.3 Å². The molecule has 0 saturated carbocycles. The second-order valence-corrected chi connectivity index (χ2v) is 16.4. The van der Waals surface area contributed by atoms with Gasteiger partial charge >= 0.3 is 11.4 Å². The van der Waals surface area contributed by atoms with Crippen LogP contribution in [-0.2, 0) is 18.9 Å². The molecule has 5 atom stereocenters. The van der Waals surface area contributed by atoms with Crippen molar-refractivity contribution in [3.05, 3.63) is 45.5 Å². The number of nitrogens with zero attached hydrogens (tertiary/aromatic N) is 6. The van der Waals surface area contributed by atoms with Crippen LogP contribution in [-0.4, -0.2) is 92.6 Å². The van der Waals surface area contributed by atoms with E-state index in [2.05, 4.69) is 54.4 Å². The zero-order chi connectivity index (χ0) is 36.8. The first kappa shape index (κ1) is 41.7. The van der Waals surface area contributed by atoms with Gasteiger partial charge < -0.3 is 28.7 Å². The highest BCUT2D eigenvalue weighted by Gasteiger charge is 2.30. The van der Waals surface area contributed by atoms with Crippen molar-refractivity contribution in [3.8, 4) is 0 Å². The summed E-state index contributed by atoms with van der Waals surface area (Å²) < 4.78 is 26.8. The van der Waals surface area contributed by atoms with E-state index in [1.165, 1.54) is 0 Å². The lowest BCUT2D eigenvalue weighted by atomic mass is 10.1. The van der Waals surface area contributed by atoms with Crippen LogP contribution >= 0.6 is 23.5 Å². The lowest BCUT2D eigenvalue weighted by Crippen LogP contribution is -2.41. The molecule has 4 rings (SSSR count). The molecule has 288 valence electrons. The molecule has 2 aliphatic heterocycles. The summed E-state index contributed by atoms with van der Waals surface area (Å²) in [6.45, 7) is 18.3. The Balaban J connectivity index is 1.26. The van der Waals surface area contributed by atoms with Crippen LogP contribution in [0.2, 0.25) is 0 Å². The molecule has 51 heavy (non-hydrogen) atoms. The van der Waals surface area contributed by atoms with Gasteiger partial charge in [-0.05, 0) is 72.4 Å². The fourth-order valence-corrected chi connectivity index (χ4v) is 8.38. The van der Waals surface area contributed by atoms with Gasteiger partial charge in [0.1, 0.15) is 35.0 Å². The normalized spacial score (nSPS) is 21.2. The lowest BCUT2D eigenvalue weighted by molar-refractivity contribution is -0.0377. The van der Waals surface area contributed by atoms with Gasteiger partial charge in [0.2, 0.25) is 0 Å². The molecule has 12 nitrogen and oxygen atoms in total.